The van der Waals surface area contributed by atoms with Gasteiger partial charge in [-0.05, 0) is 29.7 Å². The smallest absolute Gasteiger partial charge is 0.221 e. The highest BCUT2D eigenvalue weighted by molar-refractivity contribution is 5.88. The van der Waals surface area contributed by atoms with E-state index >= 15 is 0 Å². The third-order valence-electron chi connectivity index (χ3n) is 3.30. The molecule has 0 radical (unpaired) electrons. The average Bonchev–Trinajstić information content (AvgIpc) is 2.49. The number of carbonyl (C=O) groups excluding carboxylic acids is 1. The number of carbonyl (C=O) groups is 1. The topological polar surface area (TPSA) is 61.4 Å². The molecular formula is C18H22N2O2. The number of nitrogens with one attached hydrogen (secondary N) is 2. The number of aliphatic hydroxyl groups is 1. The fraction of sp³-hybridized carbons (Fsp3) is 0.278. The summed E-state index contributed by atoms with van der Waals surface area (Å²) in [6, 6.07) is 17.6. The molecule has 0 aliphatic rings. The van der Waals surface area contributed by atoms with Gasteiger partial charge in [-0.3, -0.25) is 4.79 Å². The molecule has 3 N–H and O–H groups in total. The summed E-state index contributed by atoms with van der Waals surface area (Å²) in [6.07, 6.45) is 0.246. The number of aliphatic hydroxyl groups excluding tert-OH is 1. The second-order valence-corrected chi connectivity index (χ2v) is 5.35. The van der Waals surface area contributed by atoms with Crippen molar-refractivity contribution >= 4 is 11.6 Å². The lowest BCUT2D eigenvalue weighted by molar-refractivity contribution is -0.114. The first-order chi connectivity index (χ1) is 10.6. The van der Waals surface area contributed by atoms with Gasteiger partial charge >= 0.3 is 0 Å². The Morgan fingerprint density at radius 3 is 2.36 bits per heavy atom. The predicted molar refractivity (Wildman–Crippen MR) is 88.6 cm³/mol. The molecule has 0 spiro atoms. The summed E-state index contributed by atoms with van der Waals surface area (Å²) >= 11 is 0. The van der Waals surface area contributed by atoms with Crippen LogP contribution in [0.4, 0.5) is 5.69 Å². The number of anilines is 1. The van der Waals surface area contributed by atoms with Crippen LogP contribution in [0.1, 0.15) is 18.1 Å². The fourth-order valence-electron chi connectivity index (χ4n) is 2.25. The molecule has 0 aromatic heterocycles. The molecule has 1 unspecified atom stereocenters. The summed E-state index contributed by atoms with van der Waals surface area (Å²) < 4.78 is 0. The van der Waals surface area contributed by atoms with E-state index in [1.807, 2.05) is 54.6 Å². The Kier molecular flexibility index (Phi) is 6.13. The molecule has 22 heavy (non-hydrogen) atoms. The molecule has 116 valence electrons. The highest BCUT2D eigenvalue weighted by Gasteiger charge is 2.05. The molecule has 4 nitrogen and oxygen atoms in total. The quantitative estimate of drug-likeness (QED) is 0.735. The third kappa shape index (κ3) is 5.68. The van der Waals surface area contributed by atoms with E-state index in [4.69, 9.17) is 0 Å². The van der Waals surface area contributed by atoms with Crippen LogP contribution in [-0.4, -0.2) is 23.7 Å². The van der Waals surface area contributed by atoms with Crippen molar-refractivity contribution in [1.82, 2.24) is 5.32 Å². The van der Waals surface area contributed by atoms with Gasteiger partial charge in [-0.15, -0.1) is 0 Å². The molecule has 0 heterocycles. The molecule has 2 rings (SSSR count). The molecule has 2 aromatic carbocycles. The number of hydrogen-bond donors (Lipinski definition) is 3. The maximum atomic E-state index is 10.9. The number of amides is 1. The fourth-order valence-corrected chi connectivity index (χ4v) is 2.25. The van der Waals surface area contributed by atoms with Gasteiger partial charge in [0.15, 0.2) is 0 Å². The van der Waals surface area contributed by atoms with Gasteiger partial charge in [-0.25, -0.2) is 0 Å². The van der Waals surface area contributed by atoms with Crippen molar-refractivity contribution in [2.24, 2.45) is 0 Å². The summed E-state index contributed by atoms with van der Waals surface area (Å²) in [7, 11) is 0. The van der Waals surface area contributed by atoms with Crippen molar-refractivity contribution in [3.05, 3.63) is 65.7 Å². The predicted octanol–water partition coefficient (Wildman–Crippen LogP) is 2.34. The van der Waals surface area contributed by atoms with Crippen LogP contribution in [0.5, 0.6) is 0 Å². The number of benzene rings is 2. The lowest BCUT2D eigenvalue weighted by atomic mass is 10.1. The molecule has 0 saturated heterocycles. The second-order valence-electron chi connectivity index (χ2n) is 5.35. The molecular weight excluding hydrogens is 276 g/mol. The first-order valence-electron chi connectivity index (χ1n) is 7.43. The Morgan fingerprint density at radius 2 is 1.73 bits per heavy atom. The van der Waals surface area contributed by atoms with Gasteiger partial charge in [0.25, 0.3) is 0 Å². The third-order valence-corrected chi connectivity index (χ3v) is 3.30. The minimum Gasteiger partial charge on any atom is -0.391 e. The Morgan fingerprint density at radius 1 is 1.05 bits per heavy atom. The molecule has 1 amide bonds. The van der Waals surface area contributed by atoms with Gasteiger partial charge in [0, 0.05) is 25.7 Å². The molecule has 1 atom stereocenters. The van der Waals surface area contributed by atoms with Crippen LogP contribution < -0.4 is 10.6 Å². The van der Waals surface area contributed by atoms with Gasteiger partial charge in [0.2, 0.25) is 5.91 Å². The summed E-state index contributed by atoms with van der Waals surface area (Å²) in [6.45, 7) is 2.72. The normalized spacial score (nSPS) is 11.9. The minimum absolute atomic E-state index is 0.0742. The average molecular weight is 298 g/mol. The molecule has 0 fully saturated rings. The van der Waals surface area contributed by atoms with Gasteiger partial charge in [0.05, 0.1) is 6.10 Å². The van der Waals surface area contributed by atoms with Crippen LogP contribution >= 0.6 is 0 Å². The van der Waals surface area contributed by atoms with Crippen LogP contribution in [-0.2, 0) is 17.8 Å². The monoisotopic (exact) mass is 298 g/mol. The molecule has 0 aliphatic carbocycles. The Hall–Kier alpha value is -2.17. The molecule has 2 aromatic rings. The van der Waals surface area contributed by atoms with E-state index in [1.165, 1.54) is 6.92 Å². The summed E-state index contributed by atoms with van der Waals surface area (Å²) in [5.74, 6) is -0.0742. The van der Waals surface area contributed by atoms with Crippen molar-refractivity contribution in [2.45, 2.75) is 26.0 Å². The van der Waals surface area contributed by atoms with Crippen molar-refractivity contribution < 1.29 is 9.90 Å². The zero-order chi connectivity index (χ0) is 15.8. The zero-order valence-electron chi connectivity index (χ0n) is 12.8. The van der Waals surface area contributed by atoms with E-state index in [2.05, 4.69) is 10.6 Å². The Labute approximate surface area is 131 Å². The van der Waals surface area contributed by atoms with Crippen LogP contribution in [0.3, 0.4) is 0 Å². The van der Waals surface area contributed by atoms with Gasteiger partial charge in [0.1, 0.15) is 0 Å². The summed E-state index contributed by atoms with van der Waals surface area (Å²) in [5.41, 5.74) is 3.04. The van der Waals surface area contributed by atoms with Gasteiger partial charge < -0.3 is 15.7 Å². The Bertz CT molecular complexity index is 582. The molecule has 4 heteroatoms. The van der Waals surface area contributed by atoms with Crippen LogP contribution in [0.2, 0.25) is 0 Å². The molecule has 0 saturated carbocycles. The highest BCUT2D eigenvalue weighted by Crippen LogP contribution is 2.09. The van der Waals surface area contributed by atoms with E-state index in [0.29, 0.717) is 19.5 Å². The number of hydrogen-bond acceptors (Lipinski definition) is 3. The molecule has 0 bridgehead atoms. The van der Waals surface area contributed by atoms with Crippen molar-refractivity contribution in [3.8, 4) is 0 Å². The van der Waals surface area contributed by atoms with E-state index in [9.17, 15) is 9.90 Å². The first kappa shape index (κ1) is 16.2. The lowest BCUT2D eigenvalue weighted by Gasteiger charge is -2.12. The van der Waals surface area contributed by atoms with Crippen LogP contribution in [0.15, 0.2) is 54.6 Å². The lowest BCUT2D eigenvalue weighted by Crippen LogP contribution is -2.28. The van der Waals surface area contributed by atoms with E-state index in [0.717, 1.165) is 16.8 Å². The number of rotatable bonds is 7. The van der Waals surface area contributed by atoms with E-state index < -0.39 is 6.10 Å². The van der Waals surface area contributed by atoms with Gasteiger partial charge in [-0.2, -0.15) is 0 Å². The largest absolute Gasteiger partial charge is 0.391 e. The summed E-state index contributed by atoms with van der Waals surface area (Å²) in [5, 5.41) is 16.0. The summed E-state index contributed by atoms with van der Waals surface area (Å²) in [4.78, 5) is 10.9. The highest BCUT2D eigenvalue weighted by atomic mass is 16.3. The van der Waals surface area contributed by atoms with Crippen LogP contribution in [0.25, 0.3) is 0 Å². The van der Waals surface area contributed by atoms with Gasteiger partial charge in [-0.1, -0.05) is 42.5 Å². The van der Waals surface area contributed by atoms with Crippen molar-refractivity contribution in [2.75, 3.05) is 11.9 Å². The minimum atomic E-state index is -0.402. The maximum Gasteiger partial charge on any atom is 0.221 e. The van der Waals surface area contributed by atoms with E-state index in [-0.39, 0.29) is 5.91 Å². The van der Waals surface area contributed by atoms with Crippen molar-refractivity contribution in [1.29, 1.82) is 0 Å². The zero-order valence-corrected chi connectivity index (χ0v) is 12.8. The van der Waals surface area contributed by atoms with Crippen molar-refractivity contribution in [3.63, 3.8) is 0 Å². The SMILES string of the molecule is CC(=O)Nc1ccc(CNCC(O)Cc2ccccc2)cc1. The van der Waals surface area contributed by atoms with Crippen LogP contribution in [0, 0.1) is 0 Å². The maximum absolute atomic E-state index is 10.9. The van der Waals surface area contributed by atoms with E-state index in [1.54, 1.807) is 0 Å². The Balaban J connectivity index is 1.72. The first-order valence-corrected chi connectivity index (χ1v) is 7.43. The standard InChI is InChI=1S/C18H22N2O2/c1-14(21)20-17-9-7-16(8-10-17)12-19-13-18(22)11-15-5-3-2-4-6-15/h2-10,18-19,22H,11-13H2,1H3,(H,20,21). The second kappa shape index (κ2) is 8.32. The molecule has 0 aliphatic heterocycles.